The Labute approximate surface area is 199 Å². The number of methoxy groups -OCH3 is 1. The van der Waals surface area contributed by atoms with Crippen LogP contribution in [0.4, 0.5) is 11.4 Å². The largest absolute Gasteiger partial charge is 0.383 e. The Morgan fingerprint density at radius 3 is 2.70 bits per heavy atom. The summed E-state index contributed by atoms with van der Waals surface area (Å²) in [5.41, 5.74) is 4.17. The minimum Gasteiger partial charge on any atom is -0.383 e. The van der Waals surface area contributed by atoms with Gasteiger partial charge in [-0.2, -0.15) is 0 Å². The highest BCUT2D eigenvalue weighted by Crippen LogP contribution is 2.42. The van der Waals surface area contributed by atoms with Gasteiger partial charge in [0.2, 0.25) is 10.0 Å². The first-order valence-electron chi connectivity index (χ1n) is 10.5. The molecule has 0 radical (unpaired) electrons. The van der Waals surface area contributed by atoms with Crippen LogP contribution < -0.4 is 14.9 Å². The zero-order chi connectivity index (χ0) is 23.6. The van der Waals surface area contributed by atoms with Crippen molar-refractivity contribution < 1.29 is 13.2 Å². The molecule has 174 valence electrons. The van der Waals surface area contributed by atoms with Gasteiger partial charge in [0.25, 0.3) is 0 Å². The van der Waals surface area contributed by atoms with Crippen LogP contribution in [0.15, 0.2) is 60.9 Å². The van der Waals surface area contributed by atoms with Gasteiger partial charge in [-0.1, -0.05) is 6.07 Å². The van der Waals surface area contributed by atoms with Crippen molar-refractivity contribution in [1.82, 2.24) is 14.9 Å². The van der Waals surface area contributed by atoms with Crippen LogP contribution in [0, 0.1) is 6.92 Å². The van der Waals surface area contributed by atoms with E-state index in [1.54, 1.807) is 19.4 Å². The molecule has 0 saturated carbocycles. The molecule has 1 aliphatic rings. The van der Waals surface area contributed by atoms with Gasteiger partial charge in [-0.25, -0.2) is 8.42 Å². The highest BCUT2D eigenvalue weighted by Gasteiger charge is 2.42. The van der Waals surface area contributed by atoms with Gasteiger partial charge in [-0.15, -0.1) is 0 Å². The van der Waals surface area contributed by atoms with Gasteiger partial charge in [0.1, 0.15) is 6.04 Å². The highest BCUT2D eigenvalue weighted by molar-refractivity contribution is 7.92. The number of hydrogen-bond donors (Lipinski definition) is 2. The fraction of sp³-hybridized carbons (Fsp3) is 0.304. The topological polar surface area (TPSA) is 88.5 Å². The first-order chi connectivity index (χ1) is 15.8. The summed E-state index contributed by atoms with van der Waals surface area (Å²) in [5.74, 6) is 0. The van der Waals surface area contributed by atoms with Crippen molar-refractivity contribution in [2.45, 2.75) is 25.6 Å². The lowest BCUT2D eigenvalue weighted by Crippen LogP contribution is -2.30. The summed E-state index contributed by atoms with van der Waals surface area (Å²) in [5, 5.41) is 4.03. The van der Waals surface area contributed by atoms with E-state index in [0.29, 0.717) is 24.0 Å². The lowest BCUT2D eigenvalue weighted by molar-refractivity contribution is 0.186. The van der Waals surface area contributed by atoms with Crippen molar-refractivity contribution in [3.63, 3.8) is 0 Å². The molecule has 4 rings (SSSR count). The van der Waals surface area contributed by atoms with Crippen molar-refractivity contribution in [2.75, 3.05) is 29.6 Å². The van der Waals surface area contributed by atoms with E-state index in [9.17, 15) is 8.42 Å². The van der Waals surface area contributed by atoms with Crippen LogP contribution in [0.3, 0.4) is 0 Å². The van der Waals surface area contributed by atoms with E-state index in [1.165, 1.54) is 0 Å². The van der Waals surface area contributed by atoms with Crippen LogP contribution in [-0.4, -0.2) is 43.1 Å². The number of thiocarbonyl (C=S) groups is 1. The number of benzene rings is 1. The Bertz CT molecular complexity index is 1240. The maximum absolute atomic E-state index is 11.7. The lowest BCUT2D eigenvalue weighted by atomic mass is 10.0. The van der Waals surface area contributed by atoms with E-state index in [-0.39, 0.29) is 12.1 Å². The number of anilines is 2. The molecule has 3 aromatic rings. The molecule has 1 aliphatic heterocycles. The molecule has 1 fully saturated rings. The molecule has 3 heterocycles. The van der Waals surface area contributed by atoms with Crippen LogP contribution in [0.2, 0.25) is 0 Å². The summed E-state index contributed by atoms with van der Waals surface area (Å²) < 4.78 is 33.4. The lowest BCUT2D eigenvalue weighted by Gasteiger charge is -2.29. The van der Waals surface area contributed by atoms with Crippen molar-refractivity contribution in [2.24, 2.45) is 0 Å². The molecular weight excluding hydrogens is 458 g/mol. The number of sulfonamides is 1. The van der Waals surface area contributed by atoms with E-state index >= 15 is 0 Å². The second kappa shape index (κ2) is 9.50. The monoisotopic (exact) mass is 485 g/mol. The molecule has 2 atom stereocenters. The van der Waals surface area contributed by atoms with Gasteiger partial charge in [0, 0.05) is 37.4 Å². The first-order valence-corrected chi connectivity index (χ1v) is 12.8. The van der Waals surface area contributed by atoms with Gasteiger partial charge in [0.05, 0.1) is 30.3 Å². The summed E-state index contributed by atoms with van der Waals surface area (Å²) in [7, 11) is -1.69. The fourth-order valence-corrected chi connectivity index (χ4v) is 5.11. The predicted molar refractivity (Wildman–Crippen MR) is 134 cm³/mol. The molecule has 2 N–H and O–H groups in total. The average Bonchev–Trinajstić information content (AvgIpc) is 3.37. The second-order valence-corrected chi connectivity index (χ2v) is 10.1. The van der Waals surface area contributed by atoms with Crippen LogP contribution in [0.5, 0.6) is 0 Å². The number of nitrogens with zero attached hydrogens (tertiary/aromatic N) is 3. The molecule has 0 amide bonds. The summed E-state index contributed by atoms with van der Waals surface area (Å²) in [4.78, 5) is 6.66. The minimum absolute atomic E-state index is 0.160. The molecule has 33 heavy (non-hydrogen) atoms. The van der Waals surface area contributed by atoms with Gasteiger partial charge in [-0.05, 0) is 67.2 Å². The summed E-state index contributed by atoms with van der Waals surface area (Å²) in [6, 6.07) is 15.2. The Morgan fingerprint density at radius 2 is 2.03 bits per heavy atom. The van der Waals surface area contributed by atoms with Gasteiger partial charge >= 0.3 is 0 Å². The van der Waals surface area contributed by atoms with Gasteiger partial charge in [0.15, 0.2) is 5.11 Å². The van der Waals surface area contributed by atoms with E-state index in [0.717, 1.165) is 28.9 Å². The van der Waals surface area contributed by atoms with Crippen molar-refractivity contribution in [3.8, 4) is 0 Å². The standard InChI is InChI=1S/C23H27N5O3S2/c1-16-15-17(9-10-18(16)26-33(3,29)30)28-22(20-8-6-12-27(20)13-14-31-2)21(25-23(28)32)19-7-4-5-11-24-19/h4-12,15,21-22,26H,13-14H2,1-3H3,(H,25,32)/t21-,22-/m1/s1. The molecule has 1 saturated heterocycles. The molecule has 0 spiro atoms. The van der Waals surface area contributed by atoms with E-state index < -0.39 is 10.0 Å². The number of nitrogens with one attached hydrogen (secondary N) is 2. The van der Waals surface area contributed by atoms with Crippen molar-refractivity contribution >= 4 is 38.7 Å². The molecular formula is C23H27N5O3S2. The molecule has 2 aromatic heterocycles. The van der Waals surface area contributed by atoms with E-state index in [2.05, 4.69) is 30.6 Å². The maximum atomic E-state index is 11.7. The quantitative estimate of drug-likeness (QED) is 0.473. The summed E-state index contributed by atoms with van der Waals surface area (Å²) in [6.45, 7) is 3.17. The minimum atomic E-state index is -3.37. The summed E-state index contributed by atoms with van der Waals surface area (Å²) >= 11 is 5.79. The number of ether oxygens (including phenoxy) is 1. The third kappa shape index (κ3) is 5.02. The zero-order valence-electron chi connectivity index (χ0n) is 18.7. The third-order valence-electron chi connectivity index (χ3n) is 5.59. The fourth-order valence-electron chi connectivity index (χ4n) is 4.13. The molecule has 10 heteroatoms. The van der Waals surface area contributed by atoms with E-state index in [1.807, 2.05) is 49.5 Å². The normalized spacial score (nSPS) is 18.4. The average molecular weight is 486 g/mol. The Hall–Kier alpha value is -2.95. The molecule has 1 aromatic carbocycles. The summed E-state index contributed by atoms with van der Waals surface area (Å²) in [6.07, 6.45) is 4.95. The number of rotatable bonds is 8. The smallest absolute Gasteiger partial charge is 0.229 e. The van der Waals surface area contributed by atoms with Crippen LogP contribution in [0.1, 0.15) is 29.0 Å². The Kier molecular flexibility index (Phi) is 6.68. The molecule has 0 unspecified atom stereocenters. The predicted octanol–water partition coefficient (Wildman–Crippen LogP) is 3.39. The zero-order valence-corrected chi connectivity index (χ0v) is 20.4. The number of aryl methyl sites for hydroxylation is 1. The third-order valence-corrected chi connectivity index (χ3v) is 6.49. The highest BCUT2D eigenvalue weighted by atomic mass is 32.2. The Morgan fingerprint density at radius 1 is 1.21 bits per heavy atom. The number of aromatic nitrogens is 2. The van der Waals surface area contributed by atoms with Crippen LogP contribution >= 0.6 is 12.2 Å². The second-order valence-electron chi connectivity index (χ2n) is 7.99. The van der Waals surface area contributed by atoms with Crippen molar-refractivity contribution in [3.05, 3.63) is 77.9 Å². The Balaban J connectivity index is 1.78. The molecule has 0 aliphatic carbocycles. The number of hydrogen-bond acceptors (Lipinski definition) is 5. The van der Waals surface area contributed by atoms with E-state index in [4.69, 9.17) is 17.0 Å². The van der Waals surface area contributed by atoms with Crippen molar-refractivity contribution in [1.29, 1.82) is 0 Å². The van der Waals surface area contributed by atoms with Crippen LogP contribution in [-0.2, 0) is 21.3 Å². The molecule has 8 nitrogen and oxygen atoms in total. The SMILES string of the molecule is COCCn1cccc1[C@@H]1[C@@H](c2ccccn2)NC(=S)N1c1ccc(NS(C)(=O)=O)c(C)c1. The molecule has 0 bridgehead atoms. The number of pyridine rings is 1. The maximum Gasteiger partial charge on any atom is 0.229 e. The van der Waals surface area contributed by atoms with Gasteiger partial charge < -0.3 is 19.5 Å². The van der Waals surface area contributed by atoms with Gasteiger partial charge in [-0.3, -0.25) is 9.71 Å². The first kappa shape index (κ1) is 23.2. The van der Waals surface area contributed by atoms with Crippen LogP contribution in [0.25, 0.3) is 0 Å².